The predicted molar refractivity (Wildman–Crippen MR) is 65.5 cm³/mol. The van der Waals surface area contributed by atoms with E-state index in [1.165, 1.54) is 5.56 Å². The first-order valence-corrected chi connectivity index (χ1v) is 5.59. The minimum atomic E-state index is -0.00616. The lowest BCUT2D eigenvalue weighted by atomic mass is 10.1. The van der Waals surface area contributed by atoms with Gasteiger partial charge in [-0.25, -0.2) is 4.98 Å². The van der Waals surface area contributed by atoms with Crippen LogP contribution in [0.2, 0.25) is 0 Å². The molecular formula is C13H17N3. The Labute approximate surface area is 95.9 Å². The SMILES string of the molecule is CCc1ccc(-n2cncc2C(C)N)cc1. The zero-order valence-electron chi connectivity index (χ0n) is 9.72. The third-order valence-electron chi connectivity index (χ3n) is 2.76. The molecule has 0 fully saturated rings. The van der Waals surface area contributed by atoms with Crippen LogP contribution in [0.15, 0.2) is 36.8 Å². The van der Waals surface area contributed by atoms with E-state index in [0.29, 0.717) is 0 Å². The van der Waals surface area contributed by atoms with Crippen LogP contribution < -0.4 is 5.73 Å². The van der Waals surface area contributed by atoms with E-state index < -0.39 is 0 Å². The summed E-state index contributed by atoms with van der Waals surface area (Å²) in [4.78, 5) is 4.15. The Morgan fingerprint density at radius 2 is 2.00 bits per heavy atom. The smallest absolute Gasteiger partial charge is 0.0994 e. The van der Waals surface area contributed by atoms with E-state index in [4.69, 9.17) is 5.73 Å². The fraction of sp³-hybridized carbons (Fsp3) is 0.308. The molecule has 1 unspecified atom stereocenters. The van der Waals surface area contributed by atoms with Gasteiger partial charge in [0.05, 0.1) is 18.2 Å². The van der Waals surface area contributed by atoms with Crippen LogP contribution in [0.1, 0.15) is 31.1 Å². The van der Waals surface area contributed by atoms with Gasteiger partial charge < -0.3 is 10.3 Å². The van der Waals surface area contributed by atoms with E-state index in [2.05, 4.69) is 36.2 Å². The van der Waals surface area contributed by atoms with Gasteiger partial charge in [-0.1, -0.05) is 19.1 Å². The molecule has 0 bridgehead atoms. The van der Waals surface area contributed by atoms with Gasteiger partial charge in [-0.05, 0) is 31.0 Å². The first-order chi connectivity index (χ1) is 7.72. The van der Waals surface area contributed by atoms with Gasteiger partial charge in [0.2, 0.25) is 0 Å². The second-order valence-corrected chi connectivity index (χ2v) is 4.00. The van der Waals surface area contributed by atoms with Crippen molar-refractivity contribution in [2.45, 2.75) is 26.3 Å². The van der Waals surface area contributed by atoms with Crippen molar-refractivity contribution in [2.24, 2.45) is 5.73 Å². The quantitative estimate of drug-likeness (QED) is 0.854. The molecule has 0 saturated carbocycles. The van der Waals surface area contributed by atoms with E-state index in [1.54, 1.807) is 6.33 Å². The molecule has 2 N–H and O–H groups in total. The van der Waals surface area contributed by atoms with Gasteiger partial charge in [0.15, 0.2) is 0 Å². The largest absolute Gasteiger partial charge is 0.323 e. The standard InChI is InChI=1S/C13H17N3/c1-3-11-4-6-12(7-5-11)16-9-15-8-13(16)10(2)14/h4-10H,3,14H2,1-2H3. The fourth-order valence-electron chi connectivity index (χ4n) is 1.75. The number of hydrogen-bond donors (Lipinski definition) is 1. The summed E-state index contributed by atoms with van der Waals surface area (Å²) in [7, 11) is 0. The molecule has 2 rings (SSSR count). The van der Waals surface area contributed by atoms with Crippen molar-refractivity contribution in [3.8, 4) is 5.69 Å². The molecule has 0 aliphatic carbocycles. The summed E-state index contributed by atoms with van der Waals surface area (Å²) in [6.07, 6.45) is 4.68. The van der Waals surface area contributed by atoms with Crippen LogP contribution in [0.4, 0.5) is 0 Å². The summed E-state index contributed by atoms with van der Waals surface area (Å²) in [5.41, 5.74) is 9.38. The summed E-state index contributed by atoms with van der Waals surface area (Å²) in [5.74, 6) is 0. The number of nitrogens with two attached hydrogens (primary N) is 1. The number of nitrogens with zero attached hydrogens (tertiary/aromatic N) is 2. The van der Waals surface area contributed by atoms with Crippen molar-refractivity contribution >= 4 is 0 Å². The molecule has 1 aromatic heterocycles. The molecule has 0 radical (unpaired) electrons. The molecule has 3 nitrogen and oxygen atoms in total. The Kier molecular flexibility index (Phi) is 3.06. The Hall–Kier alpha value is -1.61. The maximum atomic E-state index is 5.89. The minimum absolute atomic E-state index is 0.00616. The van der Waals surface area contributed by atoms with E-state index in [-0.39, 0.29) is 6.04 Å². The van der Waals surface area contributed by atoms with Crippen molar-refractivity contribution in [3.63, 3.8) is 0 Å². The van der Waals surface area contributed by atoms with Crippen molar-refractivity contribution in [1.82, 2.24) is 9.55 Å². The van der Waals surface area contributed by atoms with Crippen LogP contribution in [-0.4, -0.2) is 9.55 Å². The van der Waals surface area contributed by atoms with Gasteiger partial charge in [-0.2, -0.15) is 0 Å². The highest BCUT2D eigenvalue weighted by Gasteiger charge is 2.07. The molecule has 1 atom stereocenters. The van der Waals surface area contributed by atoms with E-state index in [0.717, 1.165) is 17.8 Å². The number of aromatic nitrogens is 2. The van der Waals surface area contributed by atoms with Gasteiger partial charge in [-0.15, -0.1) is 0 Å². The highest BCUT2D eigenvalue weighted by atomic mass is 15.1. The Balaban J connectivity index is 2.38. The molecule has 84 valence electrons. The lowest BCUT2D eigenvalue weighted by Crippen LogP contribution is -2.10. The molecule has 0 amide bonds. The lowest BCUT2D eigenvalue weighted by Gasteiger charge is -2.11. The minimum Gasteiger partial charge on any atom is -0.323 e. The second kappa shape index (κ2) is 4.49. The first-order valence-electron chi connectivity index (χ1n) is 5.59. The Bertz CT molecular complexity index is 454. The third kappa shape index (κ3) is 1.99. The summed E-state index contributed by atoms with van der Waals surface area (Å²) in [6.45, 7) is 4.12. The highest BCUT2D eigenvalue weighted by molar-refractivity contribution is 5.36. The van der Waals surface area contributed by atoms with Crippen molar-refractivity contribution in [3.05, 3.63) is 48.0 Å². The molecule has 0 spiro atoms. The average Bonchev–Trinajstić information content (AvgIpc) is 2.78. The van der Waals surface area contributed by atoms with Gasteiger partial charge >= 0.3 is 0 Å². The monoisotopic (exact) mass is 215 g/mol. The third-order valence-corrected chi connectivity index (χ3v) is 2.76. The van der Waals surface area contributed by atoms with E-state index in [1.807, 2.05) is 17.7 Å². The zero-order valence-corrected chi connectivity index (χ0v) is 9.72. The van der Waals surface area contributed by atoms with Crippen LogP contribution in [0.25, 0.3) is 5.69 Å². The van der Waals surface area contributed by atoms with Gasteiger partial charge in [0, 0.05) is 11.7 Å². The van der Waals surface area contributed by atoms with E-state index >= 15 is 0 Å². The van der Waals surface area contributed by atoms with Crippen LogP contribution in [0.5, 0.6) is 0 Å². The van der Waals surface area contributed by atoms with E-state index in [9.17, 15) is 0 Å². The summed E-state index contributed by atoms with van der Waals surface area (Å²) in [5, 5.41) is 0. The van der Waals surface area contributed by atoms with Gasteiger partial charge in [0.1, 0.15) is 0 Å². The molecule has 0 aliphatic rings. The normalized spacial score (nSPS) is 12.7. The van der Waals surface area contributed by atoms with Gasteiger partial charge in [0.25, 0.3) is 0 Å². The Morgan fingerprint density at radius 1 is 1.31 bits per heavy atom. The van der Waals surface area contributed by atoms with Crippen LogP contribution >= 0.6 is 0 Å². The van der Waals surface area contributed by atoms with Crippen LogP contribution in [0.3, 0.4) is 0 Å². The van der Waals surface area contributed by atoms with Crippen LogP contribution in [0, 0.1) is 0 Å². The lowest BCUT2D eigenvalue weighted by molar-refractivity contribution is 0.752. The summed E-state index contributed by atoms with van der Waals surface area (Å²) >= 11 is 0. The topological polar surface area (TPSA) is 43.8 Å². The number of imidazole rings is 1. The zero-order chi connectivity index (χ0) is 11.5. The first kappa shape index (κ1) is 10.9. The summed E-state index contributed by atoms with van der Waals surface area (Å²) in [6, 6.07) is 8.48. The molecule has 3 heteroatoms. The maximum absolute atomic E-state index is 5.89. The summed E-state index contributed by atoms with van der Waals surface area (Å²) < 4.78 is 2.03. The average molecular weight is 215 g/mol. The molecule has 1 heterocycles. The maximum Gasteiger partial charge on any atom is 0.0994 e. The molecule has 0 saturated heterocycles. The number of rotatable bonds is 3. The highest BCUT2D eigenvalue weighted by Crippen LogP contribution is 2.16. The van der Waals surface area contributed by atoms with Gasteiger partial charge in [-0.3, -0.25) is 0 Å². The van der Waals surface area contributed by atoms with Crippen molar-refractivity contribution in [2.75, 3.05) is 0 Å². The number of aryl methyl sites for hydroxylation is 1. The molecule has 2 aromatic rings. The number of hydrogen-bond acceptors (Lipinski definition) is 2. The molecule has 16 heavy (non-hydrogen) atoms. The number of benzene rings is 1. The molecule has 1 aromatic carbocycles. The molecular weight excluding hydrogens is 198 g/mol. The van der Waals surface area contributed by atoms with Crippen LogP contribution in [-0.2, 0) is 6.42 Å². The molecule has 0 aliphatic heterocycles. The Morgan fingerprint density at radius 3 is 2.56 bits per heavy atom. The second-order valence-electron chi connectivity index (χ2n) is 4.00. The fourth-order valence-corrected chi connectivity index (χ4v) is 1.75. The predicted octanol–water partition coefficient (Wildman–Crippen LogP) is 2.45. The van der Waals surface area contributed by atoms with Crippen molar-refractivity contribution < 1.29 is 0 Å². The van der Waals surface area contributed by atoms with Crippen molar-refractivity contribution in [1.29, 1.82) is 0 Å².